The predicted octanol–water partition coefficient (Wildman–Crippen LogP) is 1.61. The highest BCUT2D eigenvalue weighted by Gasteiger charge is 2.10. The predicted molar refractivity (Wildman–Crippen MR) is 46.4 cm³/mol. The quantitative estimate of drug-likeness (QED) is 0.398. The van der Waals surface area contributed by atoms with E-state index in [0.717, 1.165) is 6.42 Å². The van der Waals surface area contributed by atoms with Gasteiger partial charge in [-0.15, -0.1) is 0 Å². The zero-order chi connectivity index (χ0) is 9.56. The molecule has 0 radical (unpaired) electrons. The fourth-order valence-corrected chi connectivity index (χ4v) is 0.640. The van der Waals surface area contributed by atoms with Crippen molar-refractivity contribution in [3.05, 3.63) is 11.6 Å². The van der Waals surface area contributed by atoms with Crippen LogP contribution in [0.3, 0.4) is 0 Å². The average molecular weight is 172 g/mol. The molecule has 0 aromatic carbocycles. The van der Waals surface area contributed by atoms with Crippen molar-refractivity contribution in [2.75, 3.05) is 0 Å². The minimum absolute atomic E-state index is 0.446. The molecule has 0 aliphatic rings. The smallest absolute Gasteiger partial charge is 0.335 e. The van der Waals surface area contributed by atoms with Crippen LogP contribution in [0.4, 0.5) is 0 Å². The average Bonchev–Trinajstić information content (AvgIpc) is 2.03. The largest absolute Gasteiger partial charge is 0.433 e. The van der Waals surface area contributed by atoms with Crippen LogP contribution in [0.5, 0.6) is 0 Å². The van der Waals surface area contributed by atoms with Crippen molar-refractivity contribution in [3.8, 4) is 0 Å². The van der Waals surface area contributed by atoms with E-state index in [2.05, 4.69) is 0 Å². The highest BCUT2D eigenvalue weighted by molar-refractivity contribution is 5.87. The summed E-state index contributed by atoms with van der Waals surface area (Å²) in [5.74, 6) is -0.446. The number of carbonyl (C=O) groups is 1. The molecular weight excluding hydrogens is 156 g/mol. The lowest BCUT2D eigenvalue weighted by atomic mass is 10.3. The number of hydrogen-bond acceptors (Lipinski definition) is 3. The molecule has 0 bridgehead atoms. The molecule has 3 heteroatoms. The number of esters is 1. The van der Waals surface area contributed by atoms with Crippen LogP contribution in [-0.4, -0.2) is 17.4 Å². The summed E-state index contributed by atoms with van der Waals surface area (Å²) in [4.78, 5) is 11.0. The van der Waals surface area contributed by atoms with Crippen molar-refractivity contribution >= 4 is 5.97 Å². The number of ether oxygens (including phenoxy) is 1. The van der Waals surface area contributed by atoms with E-state index in [-0.39, 0.29) is 0 Å². The van der Waals surface area contributed by atoms with Crippen molar-refractivity contribution < 1.29 is 14.6 Å². The van der Waals surface area contributed by atoms with Gasteiger partial charge < -0.3 is 9.84 Å². The third-order valence-electron chi connectivity index (χ3n) is 1.53. The minimum Gasteiger partial charge on any atom is -0.433 e. The molecule has 0 fully saturated rings. The van der Waals surface area contributed by atoms with E-state index < -0.39 is 12.3 Å². The van der Waals surface area contributed by atoms with E-state index in [1.165, 1.54) is 0 Å². The molecule has 70 valence electrons. The van der Waals surface area contributed by atoms with Crippen LogP contribution >= 0.6 is 0 Å². The Balaban J connectivity index is 3.84. The second kappa shape index (κ2) is 5.77. The Bertz CT molecular complexity index is 173. The molecule has 0 saturated carbocycles. The minimum atomic E-state index is -0.961. The Hall–Kier alpha value is -0.830. The number of allylic oxidation sites excluding steroid dienone is 1. The first kappa shape index (κ1) is 11.2. The maximum atomic E-state index is 11.0. The third kappa shape index (κ3) is 4.13. The molecule has 1 atom stereocenters. The van der Waals surface area contributed by atoms with Crippen LogP contribution < -0.4 is 0 Å². The Morgan fingerprint density at radius 1 is 1.67 bits per heavy atom. The van der Waals surface area contributed by atoms with Gasteiger partial charge in [0, 0.05) is 12.0 Å². The summed E-state index contributed by atoms with van der Waals surface area (Å²) in [5.41, 5.74) is 0.519. The molecular formula is C9H16O3. The molecule has 1 N–H and O–H groups in total. The van der Waals surface area contributed by atoms with Crippen molar-refractivity contribution in [1.29, 1.82) is 0 Å². The Kier molecular flexibility index (Phi) is 5.37. The summed E-state index contributed by atoms with van der Waals surface area (Å²) >= 11 is 0. The summed E-state index contributed by atoms with van der Waals surface area (Å²) in [6.07, 6.45) is 1.98. The lowest BCUT2D eigenvalue weighted by Crippen LogP contribution is -2.17. The molecule has 0 aliphatic heterocycles. The van der Waals surface area contributed by atoms with Gasteiger partial charge in [0.05, 0.1) is 0 Å². The van der Waals surface area contributed by atoms with E-state index in [1.54, 1.807) is 19.9 Å². The first-order valence-corrected chi connectivity index (χ1v) is 4.13. The molecule has 12 heavy (non-hydrogen) atoms. The molecule has 0 amide bonds. The first-order valence-electron chi connectivity index (χ1n) is 4.13. The van der Waals surface area contributed by atoms with Gasteiger partial charge in [-0.2, -0.15) is 0 Å². The van der Waals surface area contributed by atoms with Gasteiger partial charge in [0.1, 0.15) is 0 Å². The highest BCUT2D eigenvalue weighted by atomic mass is 16.6. The summed E-state index contributed by atoms with van der Waals surface area (Å²) in [6.45, 7) is 5.32. The van der Waals surface area contributed by atoms with E-state index in [0.29, 0.717) is 12.0 Å². The van der Waals surface area contributed by atoms with E-state index in [4.69, 9.17) is 9.84 Å². The van der Waals surface area contributed by atoms with Gasteiger partial charge >= 0.3 is 5.97 Å². The van der Waals surface area contributed by atoms with Crippen LogP contribution in [-0.2, 0) is 9.53 Å². The van der Waals surface area contributed by atoms with Gasteiger partial charge in [0.2, 0.25) is 6.29 Å². The standard InChI is InChI=1S/C9H16O3/c1-4-6-8(10)12-9(11)7(3)5-2/h5,8,10H,4,6H2,1-3H3/b7-5+. The molecule has 0 aromatic rings. The SMILES string of the molecule is C/C=C(\C)C(=O)OC(O)CCC. The second-order valence-electron chi connectivity index (χ2n) is 2.62. The maximum Gasteiger partial charge on any atom is 0.335 e. The van der Waals surface area contributed by atoms with Gasteiger partial charge in [0.15, 0.2) is 0 Å². The fourth-order valence-electron chi connectivity index (χ4n) is 0.640. The van der Waals surface area contributed by atoms with Gasteiger partial charge in [-0.25, -0.2) is 4.79 Å². The number of aliphatic hydroxyl groups is 1. The van der Waals surface area contributed by atoms with Gasteiger partial charge in [-0.1, -0.05) is 19.4 Å². The van der Waals surface area contributed by atoms with Crippen molar-refractivity contribution in [1.82, 2.24) is 0 Å². The van der Waals surface area contributed by atoms with E-state index >= 15 is 0 Å². The Morgan fingerprint density at radius 3 is 2.67 bits per heavy atom. The van der Waals surface area contributed by atoms with Crippen LogP contribution in [0, 0.1) is 0 Å². The Labute approximate surface area is 73.0 Å². The molecule has 1 unspecified atom stereocenters. The molecule has 0 saturated heterocycles. The molecule has 0 aromatic heterocycles. The summed E-state index contributed by atoms with van der Waals surface area (Å²) in [7, 11) is 0. The molecule has 0 aliphatic carbocycles. The van der Waals surface area contributed by atoms with Crippen LogP contribution in [0.1, 0.15) is 33.6 Å². The number of rotatable bonds is 4. The molecule has 3 nitrogen and oxygen atoms in total. The fraction of sp³-hybridized carbons (Fsp3) is 0.667. The molecule has 0 rings (SSSR count). The maximum absolute atomic E-state index is 11.0. The van der Waals surface area contributed by atoms with Crippen LogP contribution in [0.15, 0.2) is 11.6 Å². The van der Waals surface area contributed by atoms with Gasteiger partial charge in [-0.05, 0) is 13.8 Å². The van der Waals surface area contributed by atoms with E-state index in [9.17, 15) is 4.79 Å². The van der Waals surface area contributed by atoms with Crippen molar-refractivity contribution in [2.24, 2.45) is 0 Å². The van der Waals surface area contributed by atoms with Crippen molar-refractivity contribution in [2.45, 2.75) is 39.9 Å². The zero-order valence-corrected chi connectivity index (χ0v) is 7.83. The summed E-state index contributed by atoms with van der Waals surface area (Å²) in [5, 5.41) is 9.09. The summed E-state index contributed by atoms with van der Waals surface area (Å²) in [6, 6.07) is 0. The number of aliphatic hydroxyl groups excluding tert-OH is 1. The highest BCUT2D eigenvalue weighted by Crippen LogP contribution is 2.03. The lowest BCUT2D eigenvalue weighted by molar-refractivity contribution is -0.163. The lowest BCUT2D eigenvalue weighted by Gasteiger charge is -2.10. The van der Waals surface area contributed by atoms with Crippen molar-refractivity contribution in [3.63, 3.8) is 0 Å². The van der Waals surface area contributed by atoms with Gasteiger partial charge in [0.25, 0.3) is 0 Å². The topological polar surface area (TPSA) is 46.5 Å². The molecule has 0 heterocycles. The number of carbonyl (C=O) groups excluding carboxylic acids is 1. The summed E-state index contributed by atoms with van der Waals surface area (Å²) < 4.78 is 4.69. The monoisotopic (exact) mass is 172 g/mol. The Morgan fingerprint density at radius 2 is 2.25 bits per heavy atom. The van der Waals surface area contributed by atoms with Crippen LogP contribution in [0.25, 0.3) is 0 Å². The zero-order valence-electron chi connectivity index (χ0n) is 7.83. The second-order valence-corrected chi connectivity index (χ2v) is 2.62. The third-order valence-corrected chi connectivity index (χ3v) is 1.53. The van der Waals surface area contributed by atoms with E-state index in [1.807, 2.05) is 6.92 Å². The number of hydrogen-bond donors (Lipinski definition) is 1. The first-order chi connectivity index (χ1) is 5.61. The molecule has 0 spiro atoms. The van der Waals surface area contributed by atoms with Crippen LogP contribution in [0.2, 0.25) is 0 Å². The van der Waals surface area contributed by atoms with Gasteiger partial charge in [-0.3, -0.25) is 0 Å². The normalized spacial score (nSPS) is 14.2.